The maximum atomic E-state index is 11.1. The van der Waals surface area contributed by atoms with Crippen molar-refractivity contribution in [3.05, 3.63) is 35.9 Å². The molecule has 17 heavy (non-hydrogen) atoms. The van der Waals surface area contributed by atoms with Crippen molar-refractivity contribution in [3.8, 4) is 0 Å². The Hall–Kier alpha value is -1.71. The molecule has 1 rings (SSSR count). The van der Waals surface area contributed by atoms with Crippen LogP contribution in [0.3, 0.4) is 0 Å². The van der Waals surface area contributed by atoms with E-state index in [9.17, 15) is 4.79 Å². The first-order valence-corrected chi connectivity index (χ1v) is 5.44. The average molecular weight is 234 g/mol. The number of carboxylic acid groups (broad SMARTS) is 1. The van der Waals surface area contributed by atoms with Crippen LogP contribution in [0.4, 0.5) is 0 Å². The third-order valence-corrected chi connectivity index (χ3v) is 2.42. The van der Waals surface area contributed by atoms with Gasteiger partial charge in [0.1, 0.15) is 11.7 Å². The summed E-state index contributed by atoms with van der Waals surface area (Å²) in [7, 11) is 0. The molecule has 0 aliphatic carbocycles. The standard InChI is InChI=1S/C13H18N2O2/c1-8(2)10(11(16)17)9-6-14-12(15-7-9)13(3,4)5/h6-7,10H,1H2,2-5H3,(H,16,17)/t10-/m0/s1. The molecular formula is C13H18N2O2. The molecule has 0 bridgehead atoms. The monoisotopic (exact) mass is 234 g/mol. The molecule has 0 unspecified atom stereocenters. The molecule has 1 heterocycles. The van der Waals surface area contributed by atoms with Gasteiger partial charge in [0.05, 0.1) is 0 Å². The van der Waals surface area contributed by atoms with Crippen molar-refractivity contribution < 1.29 is 9.90 Å². The van der Waals surface area contributed by atoms with Gasteiger partial charge in [0.2, 0.25) is 0 Å². The van der Waals surface area contributed by atoms with Gasteiger partial charge in [0.25, 0.3) is 0 Å². The van der Waals surface area contributed by atoms with Crippen LogP contribution in [0.25, 0.3) is 0 Å². The molecule has 1 atom stereocenters. The van der Waals surface area contributed by atoms with Gasteiger partial charge in [0.15, 0.2) is 0 Å². The van der Waals surface area contributed by atoms with Gasteiger partial charge in [0, 0.05) is 23.4 Å². The topological polar surface area (TPSA) is 63.1 Å². The molecule has 0 saturated heterocycles. The zero-order valence-corrected chi connectivity index (χ0v) is 10.7. The Labute approximate surface area is 101 Å². The summed E-state index contributed by atoms with van der Waals surface area (Å²) in [5.74, 6) is -0.958. The van der Waals surface area contributed by atoms with E-state index in [4.69, 9.17) is 5.11 Å². The van der Waals surface area contributed by atoms with E-state index < -0.39 is 11.9 Å². The molecule has 0 spiro atoms. The van der Waals surface area contributed by atoms with E-state index in [1.165, 1.54) is 0 Å². The second kappa shape index (κ2) is 4.65. The van der Waals surface area contributed by atoms with Gasteiger partial charge in [-0.05, 0) is 6.92 Å². The summed E-state index contributed by atoms with van der Waals surface area (Å²) in [6.07, 6.45) is 3.14. The molecule has 1 aromatic heterocycles. The Bertz CT molecular complexity index is 416. The Morgan fingerprint density at radius 2 is 1.82 bits per heavy atom. The van der Waals surface area contributed by atoms with Crippen LogP contribution in [-0.2, 0) is 10.2 Å². The van der Waals surface area contributed by atoms with Crippen molar-refractivity contribution in [2.24, 2.45) is 0 Å². The Morgan fingerprint density at radius 3 is 2.12 bits per heavy atom. The lowest BCUT2D eigenvalue weighted by atomic mass is 9.93. The lowest BCUT2D eigenvalue weighted by Gasteiger charge is -2.17. The van der Waals surface area contributed by atoms with Crippen LogP contribution in [0, 0.1) is 0 Å². The smallest absolute Gasteiger partial charge is 0.315 e. The fourth-order valence-corrected chi connectivity index (χ4v) is 1.51. The van der Waals surface area contributed by atoms with Crippen LogP contribution in [0.15, 0.2) is 24.5 Å². The van der Waals surface area contributed by atoms with Gasteiger partial charge in [-0.15, -0.1) is 0 Å². The van der Waals surface area contributed by atoms with E-state index in [-0.39, 0.29) is 5.41 Å². The van der Waals surface area contributed by atoms with Crippen molar-refractivity contribution in [2.45, 2.75) is 39.0 Å². The van der Waals surface area contributed by atoms with Crippen LogP contribution in [0.1, 0.15) is 45.0 Å². The van der Waals surface area contributed by atoms with Gasteiger partial charge < -0.3 is 5.11 Å². The quantitative estimate of drug-likeness (QED) is 0.816. The maximum absolute atomic E-state index is 11.1. The van der Waals surface area contributed by atoms with Gasteiger partial charge in [-0.3, -0.25) is 4.79 Å². The van der Waals surface area contributed by atoms with E-state index in [2.05, 4.69) is 16.5 Å². The highest BCUT2D eigenvalue weighted by Gasteiger charge is 2.23. The number of rotatable bonds is 3. The first kappa shape index (κ1) is 13.4. The molecule has 1 aromatic rings. The SMILES string of the molecule is C=C(C)[C@H](C(=O)O)c1cnc(C(C)(C)C)nc1. The zero-order valence-electron chi connectivity index (χ0n) is 10.7. The highest BCUT2D eigenvalue weighted by Crippen LogP contribution is 2.24. The minimum atomic E-state index is -0.926. The van der Waals surface area contributed by atoms with E-state index in [1.807, 2.05) is 20.8 Å². The number of hydrogen-bond donors (Lipinski definition) is 1. The van der Waals surface area contributed by atoms with Crippen LogP contribution in [0.5, 0.6) is 0 Å². The molecule has 0 aliphatic rings. The summed E-state index contributed by atoms with van der Waals surface area (Å²) < 4.78 is 0. The molecule has 4 nitrogen and oxygen atoms in total. The lowest BCUT2D eigenvalue weighted by molar-refractivity contribution is -0.137. The summed E-state index contributed by atoms with van der Waals surface area (Å²) in [4.78, 5) is 19.5. The van der Waals surface area contributed by atoms with Crippen LogP contribution in [-0.4, -0.2) is 21.0 Å². The maximum Gasteiger partial charge on any atom is 0.315 e. The number of hydrogen-bond acceptors (Lipinski definition) is 3. The third-order valence-electron chi connectivity index (χ3n) is 2.42. The highest BCUT2D eigenvalue weighted by atomic mass is 16.4. The minimum absolute atomic E-state index is 0.138. The molecule has 0 amide bonds. The number of aromatic nitrogens is 2. The average Bonchev–Trinajstić information content (AvgIpc) is 2.15. The molecule has 0 radical (unpaired) electrons. The summed E-state index contributed by atoms with van der Waals surface area (Å²) in [5.41, 5.74) is 1.00. The van der Waals surface area contributed by atoms with Gasteiger partial charge in [-0.1, -0.05) is 32.9 Å². The van der Waals surface area contributed by atoms with Crippen LogP contribution < -0.4 is 0 Å². The molecule has 0 saturated carbocycles. The van der Waals surface area contributed by atoms with Crippen LogP contribution >= 0.6 is 0 Å². The fourth-order valence-electron chi connectivity index (χ4n) is 1.51. The van der Waals surface area contributed by atoms with E-state index in [0.717, 1.165) is 0 Å². The zero-order chi connectivity index (χ0) is 13.2. The molecule has 92 valence electrons. The number of carboxylic acids is 1. The molecule has 0 aliphatic heterocycles. The van der Waals surface area contributed by atoms with Crippen molar-refractivity contribution in [1.29, 1.82) is 0 Å². The molecule has 0 aromatic carbocycles. The number of carbonyl (C=O) groups is 1. The van der Waals surface area contributed by atoms with Crippen molar-refractivity contribution in [3.63, 3.8) is 0 Å². The first-order valence-electron chi connectivity index (χ1n) is 5.44. The van der Waals surface area contributed by atoms with E-state index >= 15 is 0 Å². The number of nitrogens with zero attached hydrogens (tertiary/aromatic N) is 2. The third kappa shape index (κ3) is 3.12. The normalized spacial score (nSPS) is 13.2. The molecule has 0 fully saturated rings. The summed E-state index contributed by atoms with van der Waals surface area (Å²) in [6.45, 7) is 11.4. The summed E-state index contributed by atoms with van der Waals surface area (Å²) in [6, 6.07) is 0. The van der Waals surface area contributed by atoms with Crippen molar-refractivity contribution in [2.75, 3.05) is 0 Å². The molecular weight excluding hydrogens is 216 g/mol. The Morgan fingerprint density at radius 1 is 1.35 bits per heavy atom. The predicted molar refractivity (Wildman–Crippen MR) is 65.9 cm³/mol. The highest BCUT2D eigenvalue weighted by molar-refractivity contribution is 5.79. The molecule has 1 N–H and O–H groups in total. The fraction of sp³-hybridized carbons (Fsp3) is 0.462. The van der Waals surface area contributed by atoms with Gasteiger partial charge in [-0.2, -0.15) is 0 Å². The predicted octanol–water partition coefficient (Wildman–Crippen LogP) is 2.52. The first-order chi connectivity index (χ1) is 7.73. The lowest BCUT2D eigenvalue weighted by Crippen LogP contribution is -2.18. The second-order valence-corrected chi connectivity index (χ2v) is 5.21. The van der Waals surface area contributed by atoms with E-state index in [1.54, 1.807) is 19.3 Å². The second-order valence-electron chi connectivity index (χ2n) is 5.21. The largest absolute Gasteiger partial charge is 0.481 e. The molecule has 4 heteroatoms. The van der Waals surface area contributed by atoms with Crippen molar-refractivity contribution in [1.82, 2.24) is 9.97 Å². The summed E-state index contributed by atoms with van der Waals surface area (Å²) in [5, 5.41) is 9.11. The summed E-state index contributed by atoms with van der Waals surface area (Å²) >= 11 is 0. The van der Waals surface area contributed by atoms with Gasteiger partial charge >= 0.3 is 5.97 Å². The number of aliphatic carboxylic acids is 1. The minimum Gasteiger partial charge on any atom is -0.481 e. The van der Waals surface area contributed by atoms with Crippen LogP contribution in [0.2, 0.25) is 0 Å². The van der Waals surface area contributed by atoms with Crippen molar-refractivity contribution >= 4 is 5.97 Å². The Balaban J connectivity index is 3.09. The van der Waals surface area contributed by atoms with E-state index in [0.29, 0.717) is 17.0 Å². The Kier molecular flexibility index (Phi) is 3.66. The van der Waals surface area contributed by atoms with Gasteiger partial charge in [-0.25, -0.2) is 9.97 Å².